The van der Waals surface area contributed by atoms with Gasteiger partial charge in [-0.3, -0.25) is 5.10 Å². The highest BCUT2D eigenvalue weighted by atomic mass is 15.1. The Bertz CT molecular complexity index is 878. The summed E-state index contributed by atoms with van der Waals surface area (Å²) in [6, 6.07) is 6.43. The number of nitrogens with zero attached hydrogens (tertiary/aromatic N) is 2. The van der Waals surface area contributed by atoms with Gasteiger partial charge in [0, 0.05) is 39.8 Å². The Hall–Kier alpha value is -2.03. The van der Waals surface area contributed by atoms with E-state index in [0.29, 0.717) is 0 Å². The molecule has 2 heterocycles. The van der Waals surface area contributed by atoms with E-state index in [1.165, 1.54) is 32.7 Å². The molecule has 1 aromatic carbocycles. The predicted molar refractivity (Wildman–Crippen MR) is 78.6 cm³/mol. The molecule has 0 unspecified atom stereocenters. The molecule has 0 aliphatic heterocycles. The molecule has 3 heteroatoms. The second kappa shape index (κ2) is 3.29. The van der Waals surface area contributed by atoms with Crippen LogP contribution in [0.5, 0.6) is 0 Å². The van der Waals surface area contributed by atoms with Crippen molar-refractivity contribution in [2.45, 2.75) is 20.3 Å². The number of nitrogens with one attached hydrogen (secondary N) is 1. The first kappa shape index (κ1) is 10.9. The third-order valence-electron chi connectivity index (χ3n) is 4.17. The second-order valence-corrected chi connectivity index (χ2v) is 6.22. The van der Waals surface area contributed by atoms with E-state index in [4.69, 9.17) is 0 Å². The summed E-state index contributed by atoms with van der Waals surface area (Å²) in [5.41, 5.74) is 2.69. The molecule has 0 saturated carbocycles. The van der Waals surface area contributed by atoms with Gasteiger partial charge >= 0.3 is 0 Å². The lowest BCUT2D eigenvalue weighted by molar-refractivity contribution is 0.498. The van der Waals surface area contributed by atoms with Crippen LogP contribution in [0.4, 0.5) is 0 Å². The van der Waals surface area contributed by atoms with E-state index in [2.05, 4.69) is 59.9 Å². The molecular formula is C16H17N3. The monoisotopic (exact) mass is 251 g/mol. The average molecular weight is 251 g/mol. The van der Waals surface area contributed by atoms with Crippen molar-refractivity contribution in [2.75, 3.05) is 0 Å². The first-order valence-corrected chi connectivity index (χ1v) is 6.69. The zero-order valence-corrected chi connectivity index (χ0v) is 11.5. The highest BCUT2D eigenvalue weighted by Gasteiger charge is 2.25. The fourth-order valence-electron chi connectivity index (χ4n) is 3.36. The van der Waals surface area contributed by atoms with Crippen LogP contribution in [0.2, 0.25) is 0 Å². The van der Waals surface area contributed by atoms with Crippen molar-refractivity contribution in [2.24, 2.45) is 12.5 Å². The first-order valence-electron chi connectivity index (χ1n) is 6.69. The topological polar surface area (TPSA) is 33.6 Å². The van der Waals surface area contributed by atoms with E-state index < -0.39 is 0 Å². The van der Waals surface area contributed by atoms with Gasteiger partial charge in [0.1, 0.15) is 0 Å². The van der Waals surface area contributed by atoms with Crippen molar-refractivity contribution >= 4 is 27.8 Å². The minimum absolute atomic E-state index is 0.164. The van der Waals surface area contributed by atoms with Crippen LogP contribution >= 0.6 is 0 Å². The van der Waals surface area contributed by atoms with Crippen molar-refractivity contribution in [1.82, 2.24) is 14.8 Å². The molecule has 0 atom stereocenters. The number of aromatic amines is 1. The largest absolute Gasteiger partial charge is 0.344 e. The maximum Gasteiger partial charge on any atom is 0.0551 e. The second-order valence-electron chi connectivity index (χ2n) is 6.22. The van der Waals surface area contributed by atoms with Crippen LogP contribution in [0, 0.1) is 5.41 Å². The summed E-state index contributed by atoms with van der Waals surface area (Å²) in [5, 5.41) is 12.8. The number of hydrogen-bond donors (Lipinski definition) is 1. The molecule has 96 valence electrons. The maximum absolute atomic E-state index is 4.37. The van der Waals surface area contributed by atoms with E-state index in [0.717, 1.165) is 6.42 Å². The van der Waals surface area contributed by atoms with Crippen LogP contribution in [0.15, 0.2) is 24.4 Å². The molecule has 1 aliphatic carbocycles. The zero-order chi connectivity index (χ0) is 13.2. The summed E-state index contributed by atoms with van der Waals surface area (Å²) in [4.78, 5) is 0. The van der Waals surface area contributed by atoms with Gasteiger partial charge in [-0.25, -0.2) is 0 Å². The van der Waals surface area contributed by atoms with Crippen molar-refractivity contribution in [3.63, 3.8) is 0 Å². The van der Waals surface area contributed by atoms with Gasteiger partial charge in [-0.15, -0.1) is 0 Å². The Kier molecular flexibility index (Phi) is 1.88. The summed E-state index contributed by atoms with van der Waals surface area (Å²) in [6.45, 7) is 4.55. The third-order valence-corrected chi connectivity index (χ3v) is 4.17. The van der Waals surface area contributed by atoms with E-state index in [1.54, 1.807) is 0 Å². The normalized spacial score (nSPS) is 16.8. The average Bonchev–Trinajstić information content (AvgIpc) is 2.54. The van der Waals surface area contributed by atoms with Gasteiger partial charge in [0.25, 0.3) is 0 Å². The van der Waals surface area contributed by atoms with Crippen LogP contribution in [0.3, 0.4) is 0 Å². The highest BCUT2D eigenvalue weighted by Crippen LogP contribution is 2.33. The van der Waals surface area contributed by atoms with Crippen LogP contribution < -0.4 is 5.35 Å². The molecular weight excluding hydrogens is 234 g/mol. The van der Waals surface area contributed by atoms with Crippen LogP contribution in [0.25, 0.3) is 27.8 Å². The number of benzene rings is 1. The Morgan fingerprint density at radius 1 is 1.26 bits per heavy atom. The molecule has 1 aliphatic rings. The smallest absolute Gasteiger partial charge is 0.0551 e. The SMILES string of the molecule is Cn1c2c3c([nH]ncc4cccc1c43)CC(C)(C)C=2. The molecule has 0 radical (unpaired) electrons. The summed E-state index contributed by atoms with van der Waals surface area (Å²) < 4.78 is 2.30. The number of aromatic nitrogens is 3. The maximum atomic E-state index is 4.37. The van der Waals surface area contributed by atoms with Gasteiger partial charge < -0.3 is 4.57 Å². The third kappa shape index (κ3) is 1.35. The van der Waals surface area contributed by atoms with Gasteiger partial charge in [-0.2, -0.15) is 5.10 Å². The molecule has 0 amide bonds. The fourth-order valence-corrected chi connectivity index (χ4v) is 3.36. The highest BCUT2D eigenvalue weighted by molar-refractivity contribution is 6.10. The van der Waals surface area contributed by atoms with Crippen molar-refractivity contribution in [3.05, 3.63) is 35.4 Å². The van der Waals surface area contributed by atoms with E-state index in [1.807, 2.05) is 6.20 Å². The van der Waals surface area contributed by atoms with Gasteiger partial charge in [0.15, 0.2) is 0 Å². The molecule has 0 bridgehead atoms. The van der Waals surface area contributed by atoms with Gasteiger partial charge in [-0.05, 0) is 17.9 Å². The van der Waals surface area contributed by atoms with Crippen LogP contribution in [-0.2, 0) is 13.5 Å². The lowest BCUT2D eigenvalue weighted by atomic mass is 9.83. The molecule has 0 spiro atoms. The molecule has 19 heavy (non-hydrogen) atoms. The predicted octanol–water partition coefficient (Wildman–Crippen LogP) is 2.70. The van der Waals surface area contributed by atoms with Gasteiger partial charge in [0.05, 0.1) is 6.20 Å². The molecule has 3 nitrogen and oxygen atoms in total. The lowest BCUT2D eigenvalue weighted by Gasteiger charge is -2.23. The number of rotatable bonds is 0. The Morgan fingerprint density at radius 3 is 2.95 bits per heavy atom. The Balaban J connectivity index is 2.41. The summed E-state index contributed by atoms with van der Waals surface area (Å²) in [6.07, 6.45) is 5.33. The van der Waals surface area contributed by atoms with Crippen molar-refractivity contribution < 1.29 is 0 Å². The van der Waals surface area contributed by atoms with E-state index in [-0.39, 0.29) is 5.41 Å². The van der Waals surface area contributed by atoms with Gasteiger partial charge in [0.2, 0.25) is 0 Å². The summed E-state index contributed by atoms with van der Waals surface area (Å²) in [7, 11) is 2.15. The van der Waals surface area contributed by atoms with E-state index >= 15 is 0 Å². The Morgan fingerprint density at radius 2 is 2.11 bits per heavy atom. The minimum Gasteiger partial charge on any atom is -0.344 e. The summed E-state index contributed by atoms with van der Waals surface area (Å²) >= 11 is 0. The number of H-pyrrole nitrogens is 1. The number of hydrogen-bond acceptors (Lipinski definition) is 1. The van der Waals surface area contributed by atoms with Crippen molar-refractivity contribution in [3.8, 4) is 0 Å². The van der Waals surface area contributed by atoms with Gasteiger partial charge in [-0.1, -0.05) is 32.1 Å². The minimum atomic E-state index is 0.164. The molecule has 4 rings (SSSR count). The van der Waals surface area contributed by atoms with E-state index in [9.17, 15) is 0 Å². The van der Waals surface area contributed by atoms with Crippen molar-refractivity contribution in [1.29, 1.82) is 0 Å². The Labute approximate surface area is 111 Å². The lowest BCUT2D eigenvalue weighted by Crippen LogP contribution is -2.26. The standard InChI is InChI=1S/C16H17N3/c1-16(2)7-11-15-13(8-16)19(3)12-6-4-5-10(14(12)15)9-17-18-11/h4-6,8-9,18H,7H2,1-3H3. The molecule has 1 N–H and O–H groups in total. The molecule has 0 fully saturated rings. The van der Waals surface area contributed by atoms with Crippen LogP contribution in [-0.4, -0.2) is 14.8 Å². The number of aryl methyl sites for hydroxylation is 1. The quantitative estimate of drug-likeness (QED) is 0.655. The summed E-state index contributed by atoms with van der Waals surface area (Å²) in [5.74, 6) is 0. The molecule has 0 saturated heterocycles. The van der Waals surface area contributed by atoms with Crippen LogP contribution in [0.1, 0.15) is 19.5 Å². The zero-order valence-electron chi connectivity index (χ0n) is 11.5. The fraction of sp³-hybridized carbons (Fsp3) is 0.312. The molecule has 3 aromatic rings. The first-order chi connectivity index (χ1) is 9.07. The molecule has 2 aromatic heterocycles.